The normalized spacial score (nSPS) is 20.0. The topological polar surface area (TPSA) is 30.9 Å². The summed E-state index contributed by atoms with van der Waals surface area (Å²) >= 11 is 0. The van der Waals surface area contributed by atoms with Crippen LogP contribution in [0.1, 0.15) is 22.7 Å². The average Bonchev–Trinajstić information content (AvgIpc) is 3.05. The monoisotopic (exact) mass is 345 g/mol. The SMILES string of the molecule is COc1ccc2c(c1)-c1c3c(cc4c1[C@@H](C2)N(C)CC4)OCO3.Cl. The Morgan fingerprint density at radius 3 is 2.88 bits per heavy atom. The zero-order valence-electron chi connectivity index (χ0n) is 13.8. The molecule has 3 aliphatic rings. The van der Waals surface area contributed by atoms with E-state index < -0.39 is 0 Å². The Balaban J connectivity index is 0.00000146. The second kappa shape index (κ2) is 5.57. The highest BCUT2D eigenvalue weighted by Gasteiger charge is 2.37. The second-order valence-corrected chi connectivity index (χ2v) is 6.53. The van der Waals surface area contributed by atoms with Crippen LogP contribution in [0.3, 0.4) is 0 Å². The lowest BCUT2D eigenvalue weighted by atomic mass is 9.76. The average molecular weight is 346 g/mol. The third-order valence-corrected chi connectivity index (χ3v) is 5.39. The minimum atomic E-state index is 0. The minimum absolute atomic E-state index is 0. The standard InChI is InChI=1S/C19H19NO3.ClH/c1-20-6-5-12-8-16-19(23-10-22-16)18-14-9-13(21-2)4-3-11(14)7-15(20)17(12)18;/h3-4,8-9,15H,5-7,10H2,1-2H3;1H/t15-;/m1./s1. The first-order chi connectivity index (χ1) is 11.3. The number of methoxy groups -OCH3 is 1. The summed E-state index contributed by atoms with van der Waals surface area (Å²) in [5.41, 5.74) is 6.62. The number of likely N-dealkylation sites (N-methyl/N-ethyl adjacent to an activating group) is 1. The number of rotatable bonds is 1. The predicted octanol–water partition coefficient (Wildman–Crippen LogP) is 3.60. The number of halogens is 1. The number of hydrogen-bond acceptors (Lipinski definition) is 4. The van der Waals surface area contributed by atoms with Crippen molar-refractivity contribution in [2.75, 3.05) is 27.5 Å². The number of fused-ring (bicyclic) bond motifs is 4. The molecular weight excluding hydrogens is 326 g/mol. The van der Waals surface area contributed by atoms with E-state index in [2.05, 4.69) is 30.1 Å². The van der Waals surface area contributed by atoms with Crippen molar-refractivity contribution in [1.82, 2.24) is 4.90 Å². The first-order valence-electron chi connectivity index (χ1n) is 8.09. The molecule has 126 valence electrons. The first kappa shape index (κ1) is 15.6. The van der Waals surface area contributed by atoms with Crippen LogP contribution in [-0.4, -0.2) is 32.4 Å². The van der Waals surface area contributed by atoms with E-state index in [0.717, 1.165) is 36.6 Å². The van der Waals surface area contributed by atoms with Crippen molar-refractivity contribution in [2.24, 2.45) is 0 Å². The van der Waals surface area contributed by atoms with Crippen molar-refractivity contribution in [2.45, 2.75) is 18.9 Å². The van der Waals surface area contributed by atoms with Crippen LogP contribution >= 0.6 is 12.4 Å². The predicted molar refractivity (Wildman–Crippen MR) is 94.6 cm³/mol. The molecule has 5 rings (SSSR count). The van der Waals surface area contributed by atoms with Gasteiger partial charge in [0.2, 0.25) is 6.79 Å². The van der Waals surface area contributed by atoms with Gasteiger partial charge in [0.25, 0.3) is 0 Å². The van der Waals surface area contributed by atoms with Gasteiger partial charge >= 0.3 is 0 Å². The summed E-state index contributed by atoms with van der Waals surface area (Å²) in [6.45, 7) is 1.40. The number of benzene rings is 2. The van der Waals surface area contributed by atoms with Crippen LogP contribution in [0.25, 0.3) is 11.1 Å². The van der Waals surface area contributed by atoms with E-state index in [1.54, 1.807) is 7.11 Å². The van der Waals surface area contributed by atoms with Crippen molar-refractivity contribution in [1.29, 1.82) is 0 Å². The van der Waals surface area contributed by atoms with Gasteiger partial charge in [-0.25, -0.2) is 0 Å². The smallest absolute Gasteiger partial charge is 0.231 e. The zero-order chi connectivity index (χ0) is 15.6. The molecule has 2 aromatic carbocycles. The van der Waals surface area contributed by atoms with Crippen LogP contribution in [-0.2, 0) is 12.8 Å². The quantitative estimate of drug-likeness (QED) is 0.790. The molecular formula is C19H20ClNO3. The molecule has 0 spiro atoms. The van der Waals surface area contributed by atoms with Gasteiger partial charge in [0.05, 0.1) is 7.11 Å². The number of nitrogens with zero attached hydrogens (tertiary/aromatic N) is 1. The Morgan fingerprint density at radius 2 is 2.04 bits per heavy atom. The molecule has 2 heterocycles. The Hall–Kier alpha value is -1.91. The van der Waals surface area contributed by atoms with Gasteiger partial charge in [-0.1, -0.05) is 6.07 Å². The van der Waals surface area contributed by atoms with Crippen LogP contribution < -0.4 is 14.2 Å². The Labute approximate surface area is 147 Å². The van der Waals surface area contributed by atoms with Gasteiger partial charge in [-0.2, -0.15) is 0 Å². The molecule has 24 heavy (non-hydrogen) atoms. The van der Waals surface area contributed by atoms with Crippen LogP contribution in [0.4, 0.5) is 0 Å². The molecule has 4 nitrogen and oxygen atoms in total. The van der Waals surface area contributed by atoms with Gasteiger partial charge in [0.15, 0.2) is 11.5 Å². The molecule has 2 aromatic rings. The fraction of sp³-hybridized carbons (Fsp3) is 0.368. The number of ether oxygens (including phenoxy) is 3. The van der Waals surface area contributed by atoms with E-state index in [0.29, 0.717) is 12.8 Å². The van der Waals surface area contributed by atoms with Gasteiger partial charge in [-0.3, -0.25) is 4.90 Å². The summed E-state index contributed by atoms with van der Waals surface area (Å²) in [5, 5.41) is 0. The molecule has 0 amide bonds. The fourth-order valence-electron chi connectivity index (χ4n) is 4.20. The highest BCUT2D eigenvalue weighted by atomic mass is 35.5. The lowest BCUT2D eigenvalue weighted by molar-refractivity contribution is 0.174. The summed E-state index contributed by atoms with van der Waals surface area (Å²) in [6.07, 6.45) is 2.10. The molecule has 0 bridgehead atoms. The molecule has 0 unspecified atom stereocenters. The third-order valence-electron chi connectivity index (χ3n) is 5.39. The molecule has 0 saturated heterocycles. The van der Waals surface area contributed by atoms with E-state index in [1.165, 1.54) is 27.8 Å². The Bertz CT molecular complexity index is 821. The lowest BCUT2D eigenvalue weighted by Crippen LogP contribution is -2.35. The molecule has 0 aromatic heterocycles. The van der Waals surface area contributed by atoms with E-state index in [4.69, 9.17) is 14.2 Å². The summed E-state index contributed by atoms with van der Waals surface area (Å²) in [6, 6.07) is 8.98. The summed E-state index contributed by atoms with van der Waals surface area (Å²) < 4.78 is 17.0. The number of hydrogen-bond donors (Lipinski definition) is 0. The summed E-state index contributed by atoms with van der Waals surface area (Å²) in [7, 11) is 3.93. The van der Waals surface area contributed by atoms with Crippen molar-refractivity contribution in [3.63, 3.8) is 0 Å². The molecule has 2 aliphatic heterocycles. The Kier molecular flexibility index (Phi) is 3.62. The Morgan fingerprint density at radius 1 is 1.17 bits per heavy atom. The molecule has 5 heteroatoms. The van der Waals surface area contributed by atoms with Gasteiger partial charge in [-0.15, -0.1) is 12.4 Å². The van der Waals surface area contributed by atoms with Crippen molar-refractivity contribution in [3.8, 4) is 28.4 Å². The summed E-state index contributed by atoms with van der Waals surface area (Å²) in [5.74, 6) is 2.67. The van der Waals surface area contributed by atoms with Crippen LogP contribution in [0.5, 0.6) is 17.2 Å². The van der Waals surface area contributed by atoms with E-state index in [9.17, 15) is 0 Å². The van der Waals surface area contributed by atoms with Crippen molar-refractivity contribution >= 4 is 12.4 Å². The molecule has 1 aliphatic carbocycles. The molecule has 0 N–H and O–H groups in total. The van der Waals surface area contributed by atoms with Crippen LogP contribution in [0, 0.1) is 0 Å². The van der Waals surface area contributed by atoms with E-state index in [-0.39, 0.29) is 12.4 Å². The first-order valence-corrected chi connectivity index (χ1v) is 8.09. The molecule has 1 atom stereocenters. The molecule has 0 radical (unpaired) electrons. The maximum absolute atomic E-state index is 5.85. The van der Waals surface area contributed by atoms with E-state index in [1.807, 2.05) is 6.07 Å². The zero-order valence-corrected chi connectivity index (χ0v) is 14.6. The van der Waals surface area contributed by atoms with Gasteiger partial charge in [0.1, 0.15) is 5.75 Å². The van der Waals surface area contributed by atoms with Crippen molar-refractivity contribution in [3.05, 3.63) is 41.0 Å². The summed E-state index contributed by atoms with van der Waals surface area (Å²) in [4.78, 5) is 2.46. The van der Waals surface area contributed by atoms with Crippen molar-refractivity contribution < 1.29 is 14.2 Å². The largest absolute Gasteiger partial charge is 0.497 e. The minimum Gasteiger partial charge on any atom is -0.497 e. The molecule has 0 fully saturated rings. The van der Waals surface area contributed by atoms with Crippen LogP contribution in [0.15, 0.2) is 24.3 Å². The molecule has 0 saturated carbocycles. The van der Waals surface area contributed by atoms with Gasteiger partial charge in [0, 0.05) is 18.2 Å². The van der Waals surface area contributed by atoms with E-state index >= 15 is 0 Å². The van der Waals surface area contributed by atoms with Gasteiger partial charge in [-0.05, 0) is 60.3 Å². The highest BCUT2D eigenvalue weighted by molar-refractivity contribution is 5.85. The maximum atomic E-state index is 5.85. The van der Waals surface area contributed by atoms with Gasteiger partial charge < -0.3 is 14.2 Å². The highest BCUT2D eigenvalue weighted by Crippen LogP contribution is 2.54. The maximum Gasteiger partial charge on any atom is 0.231 e. The third kappa shape index (κ3) is 2.03. The lowest BCUT2D eigenvalue weighted by Gasteiger charge is -2.40. The van der Waals surface area contributed by atoms with Crippen LogP contribution in [0.2, 0.25) is 0 Å². The second-order valence-electron chi connectivity index (χ2n) is 6.53. The fourth-order valence-corrected chi connectivity index (χ4v) is 4.20.